The molecule has 0 N–H and O–H groups in total. The Morgan fingerprint density at radius 1 is 1.05 bits per heavy atom. The summed E-state index contributed by atoms with van der Waals surface area (Å²) in [5, 5.41) is 0. The van der Waals surface area contributed by atoms with Crippen molar-refractivity contribution in [2.75, 3.05) is 19.8 Å². The van der Waals surface area contributed by atoms with E-state index in [0.29, 0.717) is 25.0 Å². The van der Waals surface area contributed by atoms with Crippen LogP contribution in [0.1, 0.15) is 42.5 Å². The predicted octanol–water partition coefficient (Wildman–Crippen LogP) is 2.86. The highest BCUT2D eigenvalue weighted by Crippen LogP contribution is 2.38. The van der Waals surface area contributed by atoms with Crippen LogP contribution in [0.2, 0.25) is 0 Å². The number of hydrogen-bond donors (Lipinski definition) is 0. The maximum atomic E-state index is 12.9. The third-order valence-corrected chi connectivity index (χ3v) is 5.04. The lowest BCUT2D eigenvalue weighted by molar-refractivity contribution is 0.0547. The molecule has 2 atom stereocenters. The second kappa shape index (κ2) is 5.24. The van der Waals surface area contributed by atoms with Gasteiger partial charge < -0.3 is 14.4 Å². The summed E-state index contributed by atoms with van der Waals surface area (Å²) in [4.78, 5) is 15.0. The first-order valence-electron chi connectivity index (χ1n) is 8.03. The van der Waals surface area contributed by atoms with Crippen LogP contribution in [0.4, 0.5) is 0 Å². The summed E-state index contributed by atoms with van der Waals surface area (Å²) in [6.45, 7) is 2.03. The Morgan fingerprint density at radius 2 is 1.86 bits per heavy atom. The van der Waals surface area contributed by atoms with Gasteiger partial charge in [-0.3, -0.25) is 4.79 Å². The van der Waals surface area contributed by atoms with Gasteiger partial charge in [0.2, 0.25) is 0 Å². The fourth-order valence-electron chi connectivity index (χ4n) is 4.05. The highest BCUT2D eigenvalue weighted by molar-refractivity contribution is 5.95. The zero-order chi connectivity index (χ0) is 14.2. The van der Waals surface area contributed by atoms with Crippen molar-refractivity contribution in [3.05, 3.63) is 23.8 Å². The number of piperidine rings is 1. The van der Waals surface area contributed by atoms with Gasteiger partial charge in [-0.2, -0.15) is 0 Å². The van der Waals surface area contributed by atoms with Gasteiger partial charge in [0.25, 0.3) is 5.91 Å². The number of hydrogen-bond acceptors (Lipinski definition) is 3. The smallest absolute Gasteiger partial charge is 0.254 e. The lowest BCUT2D eigenvalue weighted by Crippen LogP contribution is -2.46. The van der Waals surface area contributed by atoms with Gasteiger partial charge in [0, 0.05) is 18.2 Å². The van der Waals surface area contributed by atoms with E-state index >= 15 is 0 Å². The van der Waals surface area contributed by atoms with E-state index in [1.165, 1.54) is 25.7 Å². The number of nitrogens with zero attached hydrogens (tertiary/aromatic N) is 1. The minimum atomic E-state index is 0.156. The molecule has 4 nitrogen and oxygen atoms in total. The molecule has 4 heteroatoms. The molecule has 21 heavy (non-hydrogen) atoms. The van der Waals surface area contributed by atoms with Gasteiger partial charge in [0.1, 0.15) is 13.2 Å². The van der Waals surface area contributed by atoms with E-state index in [-0.39, 0.29) is 5.91 Å². The number of fused-ring (bicyclic) bond motifs is 2. The summed E-state index contributed by atoms with van der Waals surface area (Å²) >= 11 is 0. The molecule has 0 aromatic heterocycles. The van der Waals surface area contributed by atoms with E-state index in [4.69, 9.17) is 9.47 Å². The predicted molar refractivity (Wildman–Crippen MR) is 78.8 cm³/mol. The van der Waals surface area contributed by atoms with E-state index in [1.54, 1.807) is 0 Å². The van der Waals surface area contributed by atoms with Crippen molar-refractivity contribution in [2.45, 2.75) is 38.1 Å². The molecule has 3 aliphatic rings. The fraction of sp³-hybridized carbons (Fsp3) is 0.588. The minimum Gasteiger partial charge on any atom is -0.486 e. The van der Waals surface area contributed by atoms with Gasteiger partial charge in [0.05, 0.1) is 0 Å². The standard InChI is InChI=1S/C17H21NO3/c19-17(18-8-2-4-12-3-1-5-14(12)18)13-6-7-15-16(11-13)21-10-9-20-15/h6-7,11-12,14H,1-5,8-10H2/t12-,14+/m0/s1. The number of amides is 1. The molecule has 0 unspecified atom stereocenters. The second-order valence-corrected chi connectivity index (χ2v) is 6.26. The first kappa shape index (κ1) is 13.0. The molecule has 4 rings (SSSR count). The van der Waals surface area contributed by atoms with E-state index in [9.17, 15) is 4.79 Å². The molecule has 0 spiro atoms. The molecule has 1 aromatic rings. The number of rotatable bonds is 1. The summed E-state index contributed by atoms with van der Waals surface area (Å²) in [5.41, 5.74) is 0.729. The second-order valence-electron chi connectivity index (χ2n) is 6.26. The molecule has 0 radical (unpaired) electrons. The molecule has 2 fully saturated rings. The Hall–Kier alpha value is -1.71. The third kappa shape index (κ3) is 2.27. The Balaban J connectivity index is 1.59. The normalized spacial score (nSPS) is 27.3. The zero-order valence-corrected chi connectivity index (χ0v) is 12.2. The molecule has 2 heterocycles. The first-order chi connectivity index (χ1) is 10.3. The maximum Gasteiger partial charge on any atom is 0.254 e. The van der Waals surface area contributed by atoms with Crippen molar-refractivity contribution < 1.29 is 14.3 Å². The van der Waals surface area contributed by atoms with Gasteiger partial charge >= 0.3 is 0 Å². The van der Waals surface area contributed by atoms with Crippen molar-refractivity contribution in [1.29, 1.82) is 0 Å². The summed E-state index contributed by atoms with van der Waals surface area (Å²) in [6.07, 6.45) is 6.14. The Bertz CT molecular complexity index is 557. The summed E-state index contributed by atoms with van der Waals surface area (Å²) in [7, 11) is 0. The van der Waals surface area contributed by atoms with Gasteiger partial charge in [-0.25, -0.2) is 0 Å². The quantitative estimate of drug-likeness (QED) is 0.797. The number of carbonyl (C=O) groups excluding carboxylic acids is 1. The zero-order valence-electron chi connectivity index (χ0n) is 12.2. The number of likely N-dealkylation sites (tertiary alicyclic amines) is 1. The minimum absolute atomic E-state index is 0.156. The van der Waals surface area contributed by atoms with Crippen LogP contribution in [0, 0.1) is 5.92 Å². The van der Waals surface area contributed by atoms with Crippen LogP contribution in [0.5, 0.6) is 11.5 Å². The molecule has 1 aromatic carbocycles. The summed E-state index contributed by atoms with van der Waals surface area (Å²) in [6, 6.07) is 6.03. The van der Waals surface area contributed by atoms with Crippen molar-refractivity contribution in [1.82, 2.24) is 4.90 Å². The molecule has 1 saturated heterocycles. The van der Waals surface area contributed by atoms with Crippen LogP contribution < -0.4 is 9.47 Å². The van der Waals surface area contributed by atoms with E-state index in [2.05, 4.69) is 4.90 Å². The van der Waals surface area contributed by atoms with Crippen molar-refractivity contribution in [2.24, 2.45) is 5.92 Å². The van der Waals surface area contributed by atoms with E-state index in [1.807, 2.05) is 18.2 Å². The van der Waals surface area contributed by atoms with Gasteiger partial charge in [-0.05, 0) is 49.8 Å². The number of benzene rings is 1. The van der Waals surface area contributed by atoms with Crippen molar-refractivity contribution in [3.8, 4) is 11.5 Å². The largest absolute Gasteiger partial charge is 0.486 e. The average Bonchev–Trinajstić information content (AvgIpc) is 3.02. The molecule has 1 saturated carbocycles. The SMILES string of the molecule is O=C(c1ccc2c(c1)OCCO2)N1CCC[C@@H]2CCC[C@H]21. The third-order valence-electron chi connectivity index (χ3n) is 5.04. The first-order valence-corrected chi connectivity index (χ1v) is 8.03. The van der Waals surface area contributed by atoms with Crippen molar-refractivity contribution >= 4 is 5.91 Å². The highest BCUT2D eigenvalue weighted by Gasteiger charge is 2.37. The van der Waals surface area contributed by atoms with Crippen LogP contribution >= 0.6 is 0 Å². The number of ether oxygens (including phenoxy) is 2. The van der Waals surface area contributed by atoms with Crippen molar-refractivity contribution in [3.63, 3.8) is 0 Å². The topological polar surface area (TPSA) is 38.8 Å². The Morgan fingerprint density at radius 3 is 2.76 bits per heavy atom. The fourth-order valence-corrected chi connectivity index (χ4v) is 4.05. The highest BCUT2D eigenvalue weighted by atomic mass is 16.6. The Kier molecular flexibility index (Phi) is 3.24. The molecular formula is C17H21NO3. The van der Waals surface area contributed by atoms with Crippen LogP contribution in [-0.4, -0.2) is 36.6 Å². The van der Waals surface area contributed by atoms with E-state index in [0.717, 1.165) is 30.2 Å². The molecule has 1 aliphatic carbocycles. The lowest BCUT2D eigenvalue weighted by atomic mass is 9.91. The maximum absolute atomic E-state index is 12.9. The van der Waals surface area contributed by atoms with Crippen LogP contribution in [-0.2, 0) is 0 Å². The van der Waals surface area contributed by atoms with Gasteiger partial charge in [0.15, 0.2) is 11.5 Å². The summed E-state index contributed by atoms with van der Waals surface area (Å²) < 4.78 is 11.1. The monoisotopic (exact) mass is 287 g/mol. The number of carbonyl (C=O) groups is 1. The van der Waals surface area contributed by atoms with Gasteiger partial charge in [-0.1, -0.05) is 6.42 Å². The molecule has 0 bridgehead atoms. The summed E-state index contributed by atoms with van der Waals surface area (Å²) in [5.74, 6) is 2.32. The van der Waals surface area contributed by atoms with Crippen LogP contribution in [0.15, 0.2) is 18.2 Å². The van der Waals surface area contributed by atoms with Crippen LogP contribution in [0.25, 0.3) is 0 Å². The van der Waals surface area contributed by atoms with Gasteiger partial charge in [-0.15, -0.1) is 0 Å². The molecule has 2 aliphatic heterocycles. The molecular weight excluding hydrogens is 266 g/mol. The van der Waals surface area contributed by atoms with Crippen LogP contribution in [0.3, 0.4) is 0 Å². The molecule has 112 valence electrons. The molecule has 1 amide bonds. The van der Waals surface area contributed by atoms with E-state index < -0.39 is 0 Å². The lowest BCUT2D eigenvalue weighted by Gasteiger charge is -2.38. The Labute approximate surface area is 125 Å². The average molecular weight is 287 g/mol.